The lowest BCUT2D eigenvalue weighted by Gasteiger charge is -2.35. The molecule has 6 nitrogen and oxygen atoms in total. The van der Waals surface area contributed by atoms with Crippen LogP contribution in [0.1, 0.15) is 20.8 Å². The van der Waals surface area contributed by atoms with Gasteiger partial charge in [0.2, 0.25) is 0 Å². The van der Waals surface area contributed by atoms with E-state index in [1.807, 2.05) is 0 Å². The van der Waals surface area contributed by atoms with Crippen molar-refractivity contribution in [1.29, 1.82) is 0 Å². The molecular weight excluding hydrogens is 302 g/mol. The minimum Gasteiger partial charge on any atom is -0.479 e. The molecule has 0 saturated carbocycles. The zero-order valence-electron chi connectivity index (χ0n) is 13.7. The van der Waals surface area contributed by atoms with Crippen molar-refractivity contribution in [2.45, 2.75) is 38.9 Å². The summed E-state index contributed by atoms with van der Waals surface area (Å²) < 4.78 is 11.1. The Morgan fingerprint density at radius 1 is 1.23 bits per heavy atom. The monoisotopic (exact) mass is 325 g/mol. The molecule has 0 N–H and O–H groups in total. The van der Waals surface area contributed by atoms with Crippen LogP contribution in [0.4, 0.5) is 5.69 Å². The number of nitrogens with zero attached hydrogens (tertiary/aromatic N) is 1. The van der Waals surface area contributed by atoms with E-state index >= 15 is 0 Å². The van der Waals surface area contributed by atoms with Crippen molar-refractivity contribution in [2.24, 2.45) is 0 Å². The van der Waals surface area contributed by atoms with E-state index in [0.717, 1.165) is 0 Å². The molecule has 0 saturated heterocycles. The van der Waals surface area contributed by atoms with Crippen LogP contribution >= 0.6 is 0 Å². The van der Waals surface area contributed by atoms with Crippen molar-refractivity contribution in [1.82, 2.24) is 0 Å². The predicted molar refractivity (Wildman–Crippen MR) is 86.7 cm³/mol. The quantitative estimate of drug-likeness (QED) is 0.435. The molecule has 7 heteroatoms. The van der Waals surface area contributed by atoms with Crippen LogP contribution in [0.25, 0.3) is 0 Å². The van der Waals surface area contributed by atoms with Gasteiger partial charge in [0.25, 0.3) is 0 Å². The number of benzene rings is 1. The molecule has 0 amide bonds. The second-order valence-electron chi connectivity index (χ2n) is 6.60. The average Bonchev–Trinajstić information content (AvgIpc) is 2.42. The molecule has 22 heavy (non-hydrogen) atoms. The summed E-state index contributed by atoms with van der Waals surface area (Å²) in [5.74, 6) is -0.142. The van der Waals surface area contributed by atoms with Crippen molar-refractivity contribution in [2.75, 3.05) is 13.2 Å². The highest BCUT2D eigenvalue weighted by Crippen LogP contribution is 2.36. The van der Waals surface area contributed by atoms with E-state index in [2.05, 4.69) is 33.9 Å². The van der Waals surface area contributed by atoms with Crippen LogP contribution in [0, 0.1) is 10.1 Å². The first kappa shape index (κ1) is 18.3. The third kappa shape index (κ3) is 4.92. The van der Waals surface area contributed by atoms with Crippen LogP contribution in [0.3, 0.4) is 0 Å². The zero-order valence-corrected chi connectivity index (χ0v) is 14.7. The van der Waals surface area contributed by atoms with Gasteiger partial charge in [-0.2, -0.15) is 0 Å². The number of rotatable bonds is 7. The number of carbonyl (C=O) groups excluding carboxylic acids is 1. The van der Waals surface area contributed by atoms with Gasteiger partial charge < -0.3 is 9.16 Å². The van der Waals surface area contributed by atoms with Gasteiger partial charge in [-0.1, -0.05) is 32.9 Å². The fourth-order valence-corrected chi connectivity index (χ4v) is 2.36. The summed E-state index contributed by atoms with van der Waals surface area (Å²) in [5.41, 5.74) is -0.152. The summed E-state index contributed by atoms with van der Waals surface area (Å²) in [5, 5.41) is 10.9. The molecule has 0 unspecified atom stereocenters. The number of nitro benzene ring substituents is 1. The Morgan fingerprint density at radius 3 is 2.36 bits per heavy atom. The van der Waals surface area contributed by atoms with Crippen LogP contribution in [-0.4, -0.2) is 32.2 Å². The van der Waals surface area contributed by atoms with Gasteiger partial charge in [-0.25, -0.2) is 0 Å². The number of nitro groups is 1. The van der Waals surface area contributed by atoms with E-state index in [1.165, 1.54) is 12.1 Å². The number of carbonyl (C=O) groups is 1. The standard InChI is InChI=1S/C15H23NO5Si/c1-15(2,3)22(4,5)21-11-12(17)10-20-14-9-7-6-8-13(14)16(18)19/h6-9H,10-11H2,1-5H3. The minimum absolute atomic E-state index is 0.0202. The van der Waals surface area contributed by atoms with E-state index in [1.54, 1.807) is 12.1 Å². The molecule has 0 heterocycles. The Hall–Kier alpha value is -1.73. The normalized spacial score (nSPS) is 12.0. The van der Waals surface area contributed by atoms with Crippen molar-refractivity contribution in [3.05, 3.63) is 34.4 Å². The van der Waals surface area contributed by atoms with E-state index in [9.17, 15) is 14.9 Å². The molecule has 1 rings (SSSR count). The zero-order chi connectivity index (χ0) is 17.0. The molecule has 0 aliphatic heterocycles. The Morgan fingerprint density at radius 2 is 1.82 bits per heavy atom. The fraction of sp³-hybridized carbons (Fsp3) is 0.533. The van der Waals surface area contributed by atoms with Crippen molar-refractivity contribution in [3.8, 4) is 5.75 Å². The van der Waals surface area contributed by atoms with Crippen LogP contribution in [0.2, 0.25) is 18.1 Å². The number of hydrogen-bond donors (Lipinski definition) is 0. The Bertz CT molecular complexity index is 551. The van der Waals surface area contributed by atoms with Crippen molar-refractivity contribution >= 4 is 19.8 Å². The highest BCUT2D eigenvalue weighted by atomic mass is 28.4. The van der Waals surface area contributed by atoms with Gasteiger partial charge in [0.15, 0.2) is 19.9 Å². The topological polar surface area (TPSA) is 78.7 Å². The predicted octanol–water partition coefficient (Wildman–Crippen LogP) is 3.56. The summed E-state index contributed by atoms with van der Waals surface area (Å²) in [6.45, 7) is 10.1. The van der Waals surface area contributed by atoms with Gasteiger partial charge in [0, 0.05) is 6.07 Å². The Labute approximate surface area is 131 Å². The molecule has 122 valence electrons. The van der Waals surface area contributed by atoms with E-state index in [0.29, 0.717) is 0 Å². The first-order valence-corrected chi connectivity index (χ1v) is 9.97. The van der Waals surface area contributed by atoms with Crippen molar-refractivity contribution in [3.63, 3.8) is 0 Å². The minimum atomic E-state index is -1.99. The van der Waals surface area contributed by atoms with Crippen LogP contribution < -0.4 is 4.74 Å². The number of ether oxygens (including phenoxy) is 1. The Kier molecular flexibility index (Phi) is 5.84. The second kappa shape index (κ2) is 7.02. The lowest BCUT2D eigenvalue weighted by atomic mass is 10.2. The highest BCUT2D eigenvalue weighted by molar-refractivity contribution is 6.74. The third-order valence-corrected chi connectivity index (χ3v) is 8.33. The summed E-state index contributed by atoms with van der Waals surface area (Å²) >= 11 is 0. The van der Waals surface area contributed by atoms with Gasteiger partial charge in [0.1, 0.15) is 6.61 Å². The van der Waals surface area contributed by atoms with Crippen LogP contribution in [0.15, 0.2) is 24.3 Å². The number of Topliss-reactive ketones (excluding diaryl/α,β-unsaturated/α-hetero) is 1. The fourth-order valence-electron chi connectivity index (χ4n) is 1.41. The molecule has 0 aliphatic carbocycles. The molecule has 1 aromatic carbocycles. The van der Waals surface area contributed by atoms with Gasteiger partial charge in [-0.15, -0.1) is 0 Å². The van der Waals surface area contributed by atoms with Crippen molar-refractivity contribution < 1.29 is 18.9 Å². The molecular formula is C15H23NO5Si. The molecule has 0 spiro atoms. The average molecular weight is 325 g/mol. The number of hydrogen-bond acceptors (Lipinski definition) is 5. The molecule has 0 fully saturated rings. The van der Waals surface area contributed by atoms with Gasteiger partial charge in [0.05, 0.1) is 11.5 Å². The number of para-hydroxylation sites is 2. The molecule has 1 aromatic rings. The van der Waals surface area contributed by atoms with Crippen LogP contribution in [-0.2, 0) is 9.22 Å². The first-order chi connectivity index (χ1) is 10.0. The SMILES string of the molecule is CC(C)(C)[Si](C)(C)OCC(=O)COc1ccccc1[N+](=O)[O-]. The molecule has 0 aromatic heterocycles. The summed E-state index contributed by atoms with van der Waals surface area (Å²) in [6.07, 6.45) is 0. The summed E-state index contributed by atoms with van der Waals surface area (Å²) in [4.78, 5) is 22.2. The smallest absolute Gasteiger partial charge is 0.310 e. The summed E-state index contributed by atoms with van der Waals surface area (Å²) in [6, 6.07) is 5.98. The molecule has 0 bridgehead atoms. The third-order valence-electron chi connectivity index (χ3n) is 3.85. The van der Waals surface area contributed by atoms with Gasteiger partial charge in [-0.05, 0) is 24.2 Å². The maximum absolute atomic E-state index is 11.9. The van der Waals surface area contributed by atoms with E-state index in [4.69, 9.17) is 9.16 Å². The second-order valence-corrected chi connectivity index (χ2v) is 11.4. The van der Waals surface area contributed by atoms with Gasteiger partial charge in [-0.3, -0.25) is 14.9 Å². The van der Waals surface area contributed by atoms with Crippen LogP contribution in [0.5, 0.6) is 5.75 Å². The maximum Gasteiger partial charge on any atom is 0.310 e. The van der Waals surface area contributed by atoms with Gasteiger partial charge >= 0.3 is 5.69 Å². The Balaban J connectivity index is 2.56. The highest BCUT2D eigenvalue weighted by Gasteiger charge is 2.37. The number of ketones is 1. The van der Waals surface area contributed by atoms with E-state index in [-0.39, 0.29) is 35.5 Å². The molecule has 0 radical (unpaired) electrons. The van der Waals surface area contributed by atoms with E-state index < -0.39 is 13.2 Å². The largest absolute Gasteiger partial charge is 0.479 e. The first-order valence-electron chi connectivity index (χ1n) is 7.06. The lowest BCUT2D eigenvalue weighted by Crippen LogP contribution is -2.42. The molecule has 0 atom stereocenters. The maximum atomic E-state index is 11.9. The lowest BCUT2D eigenvalue weighted by molar-refractivity contribution is -0.385. The molecule has 0 aliphatic rings. The summed E-state index contributed by atoms with van der Waals surface area (Å²) in [7, 11) is -1.99.